The minimum atomic E-state index is 0.929. The van der Waals surface area contributed by atoms with Gasteiger partial charge in [0, 0.05) is 47.7 Å². The standard InChI is InChI=1S/C15H11N3.C10H8/c1-4-12(10-16-7-1)14-6-3-9-18-15(14)13-5-2-8-17-11-13;1-2-6-10-8-4-3-7-9(10)5-1/h1-11H;1-8H. The first-order valence-corrected chi connectivity index (χ1v) is 9.11. The van der Waals surface area contributed by atoms with Crippen molar-refractivity contribution >= 4 is 10.8 Å². The second-order valence-corrected chi connectivity index (χ2v) is 6.23. The number of hydrogen-bond acceptors (Lipinski definition) is 3. The molecular weight excluding hydrogens is 342 g/mol. The van der Waals surface area contributed by atoms with Crippen molar-refractivity contribution in [2.24, 2.45) is 0 Å². The van der Waals surface area contributed by atoms with Gasteiger partial charge in [0.2, 0.25) is 0 Å². The van der Waals surface area contributed by atoms with Crippen LogP contribution in [0.5, 0.6) is 0 Å². The maximum Gasteiger partial charge on any atom is 0.0796 e. The molecule has 5 rings (SSSR count). The monoisotopic (exact) mass is 361 g/mol. The molecule has 0 N–H and O–H groups in total. The zero-order valence-electron chi connectivity index (χ0n) is 15.3. The third-order valence-corrected chi connectivity index (χ3v) is 4.37. The van der Waals surface area contributed by atoms with Crippen LogP contribution in [0.25, 0.3) is 33.2 Å². The highest BCUT2D eigenvalue weighted by Gasteiger charge is 2.07. The third kappa shape index (κ3) is 4.10. The average Bonchev–Trinajstić information content (AvgIpc) is 2.81. The van der Waals surface area contributed by atoms with Gasteiger partial charge < -0.3 is 0 Å². The summed E-state index contributed by atoms with van der Waals surface area (Å²) in [5.41, 5.74) is 4.07. The van der Waals surface area contributed by atoms with Crippen LogP contribution in [-0.2, 0) is 0 Å². The summed E-state index contributed by atoms with van der Waals surface area (Å²) in [4.78, 5) is 12.8. The molecule has 0 spiro atoms. The molecule has 3 heterocycles. The molecule has 0 aliphatic rings. The minimum absolute atomic E-state index is 0.929. The maximum absolute atomic E-state index is 4.46. The molecule has 2 aromatic carbocycles. The van der Waals surface area contributed by atoms with Crippen molar-refractivity contribution in [3.8, 4) is 22.4 Å². The van der Waals surface area contributed by atoms with E-state index in [0.717, 1.165) is 22.4 Å². The van der Waals surface area contributed by atoms with Crippen LogP contribution < -0.4 is 0 Å². The molecule has 0 atom stereocenters. The second-order valence-electron chi connectivity index (χ2n) is 6.23. The van der Waals surface area contributed by atoms with Crippen molar-refractivity contribution in [3.05, 3.63) is 116 Å². The molecule has 3 heteroatoms. The minimum Gasteiger partial charge on any atom is -0.264 e. The van der Waals surface area contributed by atoms with E-state index >= 15 is 0 Å². The molecular formula is C25H19N3. The van der Waals surface area contributed by atoms with Gasteiger partial charge >= 0.3 is 0 Å². The highest BCUT2D eigenvalue weighted by atomic mass is 14.7. The van der Waals surface area contributed by atoms with Gasteiger partial charge in [-0.3, -0.25) is 15.0 Å². The summed E-state index contributed by atoms with van der Waals surface area (Å²) in [5.74, 6) is 0. The van der Waals surface area contributed by atoms with Gasteiger partial charge in [0.05, 0.1) is 5.69 Å². The van der Waals surface area contributed by atoms with Crippen molar-refractivity contribution in [2.45, 2.75) is 0 Å². The number of pyridine rings is 3. The average molecular weight is 361 g/mol. The molecule has 28 heavy (non-hydrogen) atoms. The Balaban J connectivity index is 0.000000162. The van der Waals surface area contributed by atoms with Crippen molar-refractivity contribution in [2.75, 3.05) is 0 Å². The van der Waals surface area contributed by atoms with Gasteiger partial charge in [0.1, 0.15) is 0 Å². The zero-order chi connectivity index (χ0) is 19.0. The first kappa shape index (κ1) is 17.6. The lowest BCUT2D eigenvalue weighted by molar-refractivity contribution is 1.27. The van der Waals surface area contributed by atoms with Gasteiger partial charge in [-0.15, -0.1) is 0 Å². The fourth-order valence-electron chi connectivity index (χ4n) is 3.03. The number of rotatable bonds is 2. The molecule has 134 valence electrons. The smallest absolute Gasteiger partial charge is 0.0796 e. The highest BCUT2D eigenvalue weighted by Crippen LogP contribution is 2.28. The lowest BCUT2D eigenvalue weighted by Gasteiger charge is -2.07. The van der Waals surface area contributed by atoms with E-state index in [1.807, 2.05) is 48.8 Å². The van der Waals surface area contributed by atoms with Gasteiger partial charge in [-0.25, -0.2) is 0 Å². The lowest BCUT2D eigenvalue weighted by atomic mass is 10.0. The molecule has 0 aliphatic carbocycles. The van der Waals surface area contributed by atoms with E-state index < -0.39 is 0 Å². The SMILES string of the molecule is c1ccc2ccccc2c1.c1cncc(-c2cccnc2-c2cccnc2)c1. The quantitative estimate of drug-likeness (QED) is 0.384. The number of fused-ring (bicyclic) bond motifs is 1. The Morgan fingerprint density at radius 3 is 1.54 bits per heavy atom. The maximum atomic E-state index is 4.46. The van der Waals surface area contributed by atoms with Crippen LogP contribution in [0.15, 0.2) is 116 Å². The van der Waals surface area contributed by atoms with Gasteiger partial charge in [-0.2, -0.15) is 0 Å². The van der Waals surface area contributed by atoms with Crippen molar-refractivity contribution in [1.82, 2.24) is 15.0 Å². The number of nitrogens with zero attached hydrogens (tertiary/aromatic N) is 3. The molecule has 0 radical (unpaired) electrons. The largest absolute Gasteiger partial charge is 0.264 e. The Morgan fingerprint density at radius 2 is 1.00 bits per heavy atom. The summed E-state index contributed by atoms with van der Waals surface area (Å²) in [7, 11) is 0. The highest BCUT2D eigenvalue weighted by molar-refractivity contribution is 5.82. The zero-order valence-corrected chi connectivity index (χ0v) is 15.3. The van der Waals surface area contributed by atoms with E-state index in [0.29, 0.717) is 0 Å². The Kier molecular flexibility index (Phi) is 5.45. The van der Waals surface area contributed by atoms with Gasteiger partial charge in [-0.05, 0) is 35.0 Å². The van der Waals surface area contributed by atoms with Crippen LogP contribution in [0, 0.1) is 0 Å². The van der Waals surface area contributed by atoms with Crippen molar-refractivity contribution in [3.63, 3.8) is 0 Å². The summed E-state index contributed by atoms with van der Waals surface area (Å²) < 4.78 is 0. The van der Waals surface area contributed by atoms with Crippen LogP contribution in [0.3, 0.4) is 0 Å². The normalized spacial score (nSPS) is 10.1. The molecule has 0 saturated heterocycles. The molecule has 3 aromatic heterocycles. The molecule has 3 nitrogen and oxygen atoms in total. The fraction of sp³-hybridized carbons (Fsp3) is 0. The number of benzene rings is 2. The second kappa shape index (κ2) is 8.69. The van der Waals surface area contributed by atoms with Crippen LogP contribution >= 0.6 is 0 Å². The Morgan fingerprint density at radius 1 is 0.464 bits per heavy atom. The van der Waals surface area contributed by atoms with Crippen molar-refractivity contribution in [1.29, 1.82) is 0 Å². The molecule has 0 fully saturated rings. The van der Waals surface area contributed by atoms with Crippen LogP contribution in [-0.4, -0.2) is 15.0 Å². The molecule has 5 aromatic rings. The first-order chi connectivity index (χ1) is 13.9. The predicted octanol–water partition coefficient (Wildman–Crippen LogP) is 6.05. The molecule has 0 aliphatic heterocycles. The van der Waals surface area contributed by atoms with E-state index in [1.165, 1.54) is 10.8 Å². The van der Waals surface area contributed by atoms with Gasteiger partial charge in [0.15, 0.2) is 0 Å². The molecule has 0 unspecified atom stereocenters. The predicted molar refractivity (Wildman–Crippen MR) is 115 cm³/mol. The van der Waals surface area contributed by atoms with Crippen LogP contribution in [0.1, 0.15) is 0 Å². The number of hydrogen-bond donors (Lipinski definition) is 0. The first-order valence-electron chi connectivity index (χ1n) is 9.11. The van der Waals surface area contributed by atoms with E-state index in [-0.39, 0.29) is 0 Å². The van der Waals surface area contributed by atoms with E-state index in [2.05, 4.69) is 63.5 Å². The van der Waals surface area contributed by atoms with Crippen molar-refractivity contribution < 1.29 is 0 Å². The molecule has 0 saturated carbocycles. The van der Waals surface area contributed by atoms with Crippen LogP contribution in [0.2, 0.25) is 0 Å². The summed E-state index contributed by atoms with van der Waals surface area (Å²) in [6, 6.07) is 28.6. The summed E-state index contributed by atoms with van der Waals surface area (Å²) in [6.45, 7) is 0. The Bertz CT molecular complexity index is 1030. The summed E-state index contributed by atoms with van der Waals surface area (Å²) >= 11 is 0. The van der Waals surface area contributed by atoms with E-state index in [1.54, 1.807) is 18.6 Å². The van der Waals surface area contributed by atoms with E-state index in [4.69, 9.17) is 0 Å². The summed E-state index contributed by atoms with van der Waals surface area (Å²) in [5, 5.41) is 2.62. The fourth-order valence-corrected chi connectivity index (χ4v) is 3.03. The van der Waals surface area contributed by atoms with Crippen LogP contribution in [0.4, 0.5) is 0 Å². The van der Waals surface area contributed by atoms with Gasteiger partial charge in [-0.1, -0.05) is 60.7 Å². The summed E-state index contributed by atoms with van der Waals surface area (Å²) in [6.07, 6.45) is 8.99. The lowest BCUT2D eigenvalue weighted by Crippen LogP contribution is -1.89. The van der Waals surface area contributed by atoms with E-state index in [9.17, 15) is 0 Å². The molecule has 0 bridgehead atoms. The molecule has 0 amide bonds. The third-order valence-electron chi connectivity index (χ3n) is 4.37. The van der Waals surface area contributed by atoms with Gasteiger partial charge in [0.25, 0.3) is 0 Å². The topological polar surface area (TPSA) is 38.7 Å². The number of aromatic nitrogens is 3. The Hall–Kier alpha value is -3.85. The Labute approximate surface area is 164 Å².